The molecule has 1 aromatic rings. The summed E-state index contributed by atoms with van der Waals surface area (Å²) in [7, 11) is 0. The molecule has 0 saturated heterocycles. The number of imidazole rings is 1. The molecule has 0 unspecified atom stereocenters. The Labute approximate surface area is 74.9 Å². The van der Waals surface area contributed by atoms with E-state index in [0.29, 0.717) is 11.2 Å². The first-order valence-electron chi connectivity index (χ1n) is 3.76. The molecule has 64 valence electrons. The fourth-order valence-electron chi connectivity index (χ4n) is 1.17. The summed E-state index contributed by atoms with van der Waals surface area (Å²) in [5, 5.41) is 0.708. The van der Waals surface area contributed by atoms with Gasteiger partial charge in [-0.25, -0.2) is 4.98 Å². The Bertz CT molecular complexity index is 280. The first-order valence-corrected chi connectivity index (χ1v) is 4.75. The zero-order chi connectivity index (χ0) is 8.39. The Balaban J connectivity index is 1.97. The molecule has 0 aromatic carbocycles. The van der Waals surface area contributed by atoms with E-state index < -0.39 is 0 Å². The van der Waals surface area contributed by atoms with E-state index in [1.54, 1.807) is 24.3 Å². The van der Waals surface area contributed by atoms with Crippen LogP contribution < -0.4 is 5.73 Å². The van der Waals surface area contributed by atoms with Crippen LogP contribution >= 0.6 is 11.8 Å². The molecule has 0 aliphatic carbocycles. The molecule has 0 bridgehead atoms. The Morgan fingerprint density at radius 1 is 1.75 bits per heavy atom. The van der Waals surface area contributed by atoms with Gasteiger partial charge in [0.2, 0.25) is 0 Å². The Morgan fingerprint density at radius 3 is 3.25 bits per heavy atom. The molecule has 4 nitrogen and oxygen atoms in total. The predicted octanol–water partition coefficient (Wildman–Crippen LogP) is 0.313. The van der Waals surface area contributed by atoms with Gasteiger partial charge in [0.15, 0.2) is 5.17 Å². The van der Waals surface area contributed by atoms with Crippen molar-refractivity contribution in [1.29, 1.82) is 0 Å². The molecule has 2 rings (SSSR count). The minimum Gasteiger partial charge on any atom is -0.379 e. The first-order chi connectivity index (χ1) is 5.84. The molecule has 0 spiro atoms. The minimum atomic E-state index is 0.323. The molecule has 2 N–H and O–H groups in total. The van der Waals surface area contributed by atoms with Gasteiger partial charge in [0, 0.05) is 24.7 Å². The van der Waals surface area contributed by atoms with Crippen molar-refractivity contribution in [1.82, 2.24) is 9.55 Å². The first kappa shape index (κ1) is 7.67. The van der Waals surface area contributed by atoms with E-state index in [4.69, 9.17) is 5.73 Å². The van der Waals surface area contributed by atoms with Crippen molar-refractivity contribution in [3.63, 3.8) is 0 Å². The van der Waals surface area contributed by atoms with Crippen molar-refractivity contribution in [2.45, 2.75) is 12.6 Å². The molecule has 0 fully saturated rings. The molecular formula is C7H10N4S. The van der Waals surface area contributed by atoms with Crippen molar-refractivity contribution in [2.24, 2.45) is 10.7 Å². The van der Waals surface area contributed by atoms with Crippen LogP contribution in [0.15, 0.2) is 23.7 Å². The number of aromatic nitrogens is 2. The monoisotopic (exact) mass is 182 g/mol. The molecule has 1 aliphatic heterocycles. The van der Waals surface area contributed by atoms with Gasteiger partial charge in [0.05, 0.1) is 12.4 Å². The van der Waals surface area contributed by atoms with Gasteiger partial charge >= 0.3 is 0 Å². The average molecular weight is 182 g/mol. The predicted molar refractivity (Wildman–Crippen MR) is 50.1 cm³/mol. The second-order valence-electron chi connectivity index (χ2n) is 2.69. The summed E-state index contributed by atoms with van der Waals surface area (Å²) in [6.45, 7) is 0.883. The lowest BCUT2D eigenvalue weighted by Crippen LogP contribution is -2.13. The third-order valence-electron chi connectivity index (χ3n) is 1.71. The fourth-order valence-corrected chi connectivity index (χ4v) is 1.93. The summed E-state index contributed by atoms with van der Waals surface area (Å²) in [4.78, 5) is 8.23. The maximum absolute atomic E-state index is 5.54. The summed E-state index contributed by atoms with van der Waals surface area (Å²) in [5.41, 5.74) is 5.54. The van der Waals surface area contributed by atoms with Gasteiger partial charge in [-0.05, 0) is 0 Å². The Morgan fingerprint density at radius 2 is 2.67 bits per heavy atom. The second-order valence-corrected chi connectivity index (χ2v) is 3.73. The van der Waals surface area contributed by atoms with Gasteiger partial charge < -0.3 is 10.3 Å². The van der Waals surface area contributed by atoms with Crippen molar-refractivity contribution in [3.05, 3.63) is 18.7 Å². The normalized spacial score (nSPS) is 22.7. The number of amidine groups is 1. The molecule has 0 amide bonds. The number of rotatable bonds is 2. The van der Waals surface area contributed by atoms with Crippen LogP contribution in [-0.4, -0.2) is 26.5 Å². The SMILES string of the molecule is NC1=N[C@H](Cn2ccnc2)CS1. The van der Waals surface area contributed by atoms with Crippen molar-refractivity contribution >= 4 is 16.9 Å². The van der Waals surface area contributed by atoms with Crippen molar-refractivity contribution in [2.75, 3.05) is 5.75 Å². The lowest BCUT2D eigenvalue weighted by Gasteiger charge is -2.04. The minimum absolute atomic E-state index is 0.323. The largest absolute Gasteiger partial charge is 0.379 e. The van der Waals surface area contributed by atoms with E-state index >= 15 is 0 Å². The standard InChI is InChI=1S/C7H10N4S/c8-7-10-6(4-12-7)3-11-2-1-9-5-11/h1-2,5-6H,3-4H2,(H2,8,10)/t6-/m1/s1. The van der Waals surface area contributed by atoms with Gasteiger partial charge in [-0.1, -0.05) is 11.8 Å². The number of aliphatic imine (C=N–C) groups is 1. The highest BCUT2D eigenvalue weighted by Crippen LogP contribution is 2.15. The zero-order valence-corrected chi connectivity index (χ0v) is 7.37. The molecule has 0 saturated carbocycles. The van der Waals surface area contributed by atoms with Crippen molar-refractivity contribution in [3.8, 4) is 0 Å². The summed E-state index contributed by atoms with van der Waals surface area (Å²) < 4.78 is 2.02. The lowest BCUT2D eigenvalue weighted by molar-refractivity contribution is 0.603. The van der Waals surface area contributed by atoms with Gasteiger partial charge in [0.25, 0.3) is 0 Å². The molecular weight excluding hydrogens is 172 g/mol. The average Bonchev–Trinajstić information content (AvgIpc) is 2.63. The van der Waals surface area contributed by atoms with E-state index in [-0.39, 0.29) is 0 Å². The Hall–Kier alpha value is -0.970. The zero-order valence-electron chi connectivity index (χ0n) is 6.55. The number of nitrogens with two attached hydrogens (primary N) is 1. The summed E-state index contributed by atoms with van der Waals surface area (Å²) >= 11 is 1.62. The van der Waals surface area contributed by atoms with Crippen LogP contribution in [0.5, 0.6) is 0 Å². The highest BCUT2D eigenvalue weighted by molar-refractivity contribution is 8.14. The maximum atomic E-state index is 5.54. The van der Waals surface area contributed by atoms with Crippen LogP contribution in [0.25, 0.3) is 0 Å². The maximum Gasteiger partial charge on any atom is 0.154 e. The molecule has 1 aliphatic rings. The van der Waals surface area contributed by atoms with Gasteiger partial charge in [-0.2, -0.15) is 0 Å². The third-order valence-corrected chi connectivity index (χ3v) is 2.67. The summed E-state index contributed by atoms with van der Waals surface area (Å²) in [6, 6.07) is 0.323. The van der Waals surface area contributed by atoms with E-state index in [9.17, 15) is 0 Å². The molecule has 5 heteroatoms. The number of nitrogens with zero attached hydrogens (tertiary/aromatic N) is 3. The van der Waals surface area contributed by atoms with Crippen LogP contribution in [0, 0.1) is 0 Å². The lowest BCUT2D eigenvalue weighted by atomic mass is 10.3. The van der Waals surface area contributed by atoms with Crippen molar-refractivity contribution < 1.29 is 0 Å². The van der Waals surface area contributed by atoms with Crippen LogP contribution in [-0.2, 0) is 6.54 Å². The van der Waals surface area contributed by atoms with Gasteiger partial charge in [-0.15, -0.1) is 0 Å². The van der Waals surface area contributed by atoms with E-state index in [2.05, 4.69) is 9.98 Å². The van der Waals surface area contributed by atoms with Crippen LogP contribution in [0.3, 0.4) is 0 Å². The fraction of sp³-hybridized carbons (Fsp3) is 0.429. The highest BCUT2D eigenvalue weighted by Gasteiger charge is 2.15. The third kappa shape index (κ3) is 1.61. The molecule has 0 radical (unpaired) electrons. The number of hydrogen-bond acceptors (Lipinski definition) is 4. The van der Waals surface area contributed by atoms with Crippen LogP contribution in [0.1, 0.15) is 0 Å². The molecule has 1 aromatic heterocycles. The van der Waals surface area contributed by atoms with E-state index in [1.807, 2.05) is 10.8 Å². The van der Waals surface area contributed by atoms with Crippen LogP contribution in [0.2, 0.25) is 0 Å². The highest BCUT2D eigenvalue weighted by atomic mass is 32.2. The quantitative estimate of drug-likeness (QED) is 0.716. The Kier molecular flexibility index (Phi) is 2.03. The number of thioether (sulfide) groups is 1. The van der Waals surface area contributed by atoms with E-state index in [1.165, 1.54) is 0 Å². The summed E-state index contributed by atoms with van der Waals surface area (Å²) in [5.74, 6) is 0.990. The van der Waals surface area contributed by atoms with Gasteiger partial charge in [0.1, 0.15) is 0 Å². The van der Waals surface area contributed by atoms with Crippen LogP contribution in [0.4, 0.5) is 0 Å². The molecule has 1 atom stereocenters. The number of hydrogen-bond donors (Lipinski definition) is 1. The topological polar surface area (TPSA) is 56.2 Å². The smallest absolute Gasteiger partial charge is 0.154 e. The molecule has 12 heavy (non-hydrogen) atoms. The van der Waals surface area contributed by atoms with Gasteiger partial charge in [-0.3, -0.25) is 4.99 Å². The summed E-state index contributed by atoms with van der Waals surface area (Å²) in [6.07, 6.45) is 5.51. The van der Waals surface area contributed by atoms with E-state index in [0.717, 1.165) is 12.3 Å². The molecule has 2 heterocycles. The second kappa shape index (κ2) is 3.18.